The van der Waals surface area contributed by atoms with E-state index in [-0.39, 0.29) is 22.5 Å². The van der Waals surface area contributed by atoms with Gasteiger partial charge in [-0.05, 0) is 19.1 Å². The first-order valence-electron chi connectivity index (χ1n) is 7.66. The third-order valence-electron chi connectivity index (χ3n) is 4.23. The van der Waals surface area contributed by atoms with E-state index in [1.54, 1.807) is 23.6 Å². The van der Waals surface area contributed by atoms with Gasteiger partial charge < -0.3 is 4.74 Å². The van der Waals surface area contributed by atoms with Gasteiger partial charge in [-0.25, -0.2) is 14.4 Å². The number of likely N-dealkylation sites (tertiary alicyclic amines) is 1. The van der Waals surface area contributed by atoms with Crippen molar-refractivity contribution in [2.45, 2.75) is 30.7 Å². The number of pyridine rings is 1. The Morgan fingerprint density at radius 2 is 2.35 bits per heavy atom. The molecule has 2 aromatic heterocycles. The number of halogens is 1. The molecular formula is C16H18FN3OS2. The van der Waals surface area contributed by atoms with Crippen LogP contribution in [0.5, 0.6) is 5.88 Å². The van der Waals surface area contributed by atoms with Crippen LogP contribution in [0.3, 0.4) is 0 Å². The molecule has 2 aliphatic heterocycles. The molecule has 2 fully saturated rings. The van der Waals surface area contributed by atoms with Gasteiger partial charge in [0.1, 0.15) is 11.1 Å². The highest BCUT2D eigenvalue weighted by molar-refractivity contribution is 8.01. The predicted octanol–water partition coefficient (Wildman–Crippen LogP) is 3.12. The lowest BCUT2D eigenvalue weighted by Crippen LogP contribution is -2.58. The lowest BCUT2D eigenvalue weighted by molar-refractivity contribution is 0.0895. The molecule has 2 saturated heterocycles. The maximum atomic E-state index is 13.6. The van der Waals surface area contributed by atoms with Crippen LogP contribution in [0.2, 0.25) is 0 Å². The molecule has 0 unspecified atom stereocenters. The van der Waals surface area contributed by atoms with Crippen molar-refractivity contribution in [3.8, 4) is 5.88 Å². The van der Waals surface area contributed by atoms with Crippen LogP contribution in [0.4, 0.5) is 4.39 Å². The molecule has 0 radical (unpaired) electrons. The van der Waals surface area contributed by atoms with Crippen LogP contribution in [0.1, 0.15) is 17.1 Å². The molecule has 1 spiro atoms. The van der Waals surface area contributed by atoms with E-state index in [4.69, 9.17) is 4.74 Å². The van der Waals surface area contributed by atoms with Crippen molar-refractivity contribution in [3.05, 3.63) is 40.2 Å². The third kappa shape index (κ3) is 3.22. The fraction of sp³-hybridized carbons (Fsp3) is 0.500. The monoisotopic (exact) mass is 351 g/mol. The summed E-state index contributed by atoms with van der Waals surface area (Å²) in [6.07, 6.45) is 2.58. The molecule has 0 aliphatic carbocycles. The second-order valence-corrected chi connectivity index (χ2v) is 8.69. The molecule has 4 rings (SSSR count). The second kappa shape index (κ2) is 6.03. The van der Waals surface area contributed by atoms with Gasteiger partial charge in [0.2, 0.25) is 0 Å². The molecule has 23 heavy (non-hydrogen) atoms. The molecule has 7 heteroatoms. The van der Waals surface area contributed by atoms with Crippen molar-refractivity contribution in [2.75, 3.05) is 18.8 Å². The first-order valence-corrected chi connectivity index (χ1v) is 9.53. The molecule has 2 aliphatic rings. The molecular weight excluding hydrogens is 333 g/mol. The smallest absolute Gasteiger partial charge is 0.250 e. The van der Waals surface area contributed by atoms with Crippen molar-refractivity contribution in [1.29, 1.82) is 0 Å². The van der Waals surface area contributed by atoms with Crippen LogP contribution >= 0.6 is 23.1 Å². The Hall–Kier alpha value is -1.18. The number of thiazole rings is 1. The van der Waals surface area contributed by atoms with E-state index in [0.717, 1.165) is 37.5 Å². The Morgan fingerprint density at radius 3 is 3.09 bits per heavy atom. The number of thioether (sulfide) groups is 1. The number of ether oxygens (including phenoxy) is 1. The molecule has 0 saturated carbocycles. The van der Waals surface area contributed by atoms with E-state index in [1.165, 1.54) is 11.1 Å². The van der Waals surface area contributed by atoms with E-state index in [1.807, 2.05) is 18.7 Å². The first kappa shape index (κ1) is 15.4. The molecule has 0 amide bonds. The highest BCUT2D eigenvalue weighted by Gasteiger charge is 2.49. The van der Waals surface area contributed by atoms with Crippen molar-refractivity contribution >= 4 is 23.1 Å². The lowest BCUT2D eigenvalue weighted by Gasteiger charge is -2.47. The summed E-state index contributed by atoms with van der Waals surface area (Å²) in [6, 6.07) is 2.97. The topological polar surface area (TPSA) is 38.2 Å². The largest absolute Gasteiger partial charge is 0.471 e. The summed E-state index contributed by atoms with van der Waals surface area (Å²) in [5.74, 6) is 0.651. The van der Waals surface area contributed by atoms with Crippen LogP contribution in [0.25, 0.3) is 0 Å². The van der Waals surface area contributed by atoms with Gasteiger partial charge in [0.25, 0.3) is 5.88 Å². The Bertz CT molecular complexity index is 702. The highest BCUT2D eigenvalue weighted by Crippen LogP contribution is 2.46. The minimum atomic E-state index is -0.382. The van der Waals surface area contributed by atoms with E-state index >= 15 is 0 Å². The average Bonchev–Trinajstić information content (AvgIpc) is 3.08. The normalized spacial score (nSPS) is 23.1. The quantitative estimate of drug-likeness (QED) is 0.846. The van der Waals surface area contributed by atoms with Gasteiger partial charge in [-0.15, -0.1) is 23.1 Å². The van der Waals surface area contributed by atoms with E-state index in [0.29, 0.717) is 0 Å². The Kier molecular flexibility index (Phi) is 4.03. The number of aromatic nitrogens is 2. The SMILES string of the molecule is Cc1csc(CN2CC3(C[C@@H](Oc4ncccc4F)CS3)C2)n1. The van der Waals surface area contributed by atoms with Crippen molar-refractivity contribution < 1.29 is 9.13 Å². The first-order chi connectivity index (χ1) is 11.1. The number of rotatable bonds is 4. The fourth-order valence-corrected chi connectivity index (χ4v) is 5.65. The van der Waals surface area contributed by atoms with E-state index in [2.05, 4.69) is 20.2 Å². The lowest BCUT2D eigenvalue weighted by atomic mass is 9.93. The van der Waals surface area contributed by atoms with Gasteiger partial charge >= 0.3 is 0 Å². The number of aryl methyl sites for hydroxylation is 1. The van der Waals surface area contributed by atoms with Gasteiger partial charge in [-0.1, -0.05) is 0 Å². The predicted molar refractivity (Wildman–Crippen MR) is 90.5 cm³/mol. The summed E-state index contributed by atoms with van der Waals surface area (Å²) in [5.41, 5.74) is 1.10. The van der Waals surface area contributed by atoms with Crippen molar-refractivity contribution in [2.24, 2.45) is 0 Å². The molecule has 122 valence electrons. The minimum Gasteiger partial charge on any atom is -0.471 e. The molecule has 0 aromatic carbocycles. The Labute approximate surface area is 143 Å². The van der Waals surface area contributed by atoms with Crippen LogP contribution in [0.15, 0.2) is 23.7 Å². The molecule has 4 heterocycles. The maximum absolute atomic E-state index is 13.6. The maximum Gasteiger partial charge on any atom is 0.250 e. The summed E-state index contributed by atoms with van der Waals surface area (Å²) in [6.45, 7) is 5.08. The summed E-state index contributed by atoms with van der Waals surface area (Å²) in [7, 11) is 0. The average molecular weight is 351 g/mol. The van der Waals surface area contributed by atoms with Crippen molar-refractivity contribution in [1.82, 2.24) is 14.9 Å². The number of hydrogen-bond acceptors (Lipinski definition) is 6. The van der Waals surface area contributed by atoms with Gasteiger partial charge in [0.15, 0.2) is 5.82 Å². The molecule has 2 aromatic rings. The molecule has 0 bridgehead atoms. The summed E-state index contributed by atoms with van der Waals surface area (Å²) < 4.78 is 19.7. The van der Waals surface area contributed by atoms with Gasteiger partial charge in [0, 0.05) is 47.3 Å². The van der Waals surface area contributed by atoms with Crippen LogP contribution < -0.4 is 4.74 Å². The number of nitrogens with zero attached hydrogens (tertiary/aromatic N) is 3. The standard InChI is InChI=1S/C16H18FN3OS2/c1-11-7-22-14(19-11)6-20-9-16(10-20)5-12(8-23-16)21-15-13(17)3-2-4-18-15/h2-4,7,12H,5-6,8-10H2,1H3/t12-/m1/s1. The molecule has 0 N–H and O–H groups in total. The minimum absolute atomic E-state index is 0.0497. The zero-order valence-electron chi connectivity index (χ0n) is 12.9. The van der Waals surface area contributed by atoms with E-state index < -0.39 is 0 Å². The molecule has 4 nitrogen and oxygen atoms in total. The fourth-order valence-electron chi connectivity index (χ4n) is 3.26. The zero-order chi connectivity index (χ0) is 15.9. The number of hydrogen-bond donors (Lipinski definition) is 0. The van der Waals surface area contributed by atoms with Crippen molar-refractivity contribution in [3.63, 3.8) is 0 Å². The summed E-state index contributed by atoms with van der Waals surface area (Å²) >= 11 is 3.68. The van der Waals surface area contributed by atoms with Crippen LogP contribution in [-0.2, 0) is 6.54 Å². The Morgan fingerprint density at radius 1 is 1.48 bits per heavy atom. The molecule has 1 atom stereocenters. The van der Waals surface area contributed by atoms with Gasteiger partial charge in [-0.3, -0.25) is 4.90 Å². The van der Waals surface area contributed by atoms with Gasteiger partial charge in [-0.2, -0.15) is 0 Å². The Balaban J connectivity index is 1.30. The highest BCUT2D eigenvalue weighted by atomic mass is 32.2. The summed E-state index contributed by atoms with van der Waals surface area (Å²) in [4.78, 5) is 10.9. The second-order valence-electron chi connectivity index (χ2n) is 6.26. The van der Waals surface area contributed by atoms with Crippen LogP contribution in [-0.4, -0.2) is 44.6 Å². The van der Waals surface area contributed by atoms with Crippen LogP contribution in [0, 0.1) is 12.7 Å². The third-order valence-corrected chi connectivity index (χ3v) is 6.75. The zero-order valence-corrected chi connectivity index (χ0v) is 14.5. The summed E-state index contributed by atoms with van der Waals surface area (Å²) in [5, 5.41) is 3.28. The van der Waals surface area contributed by atoms with Gasteiger partial charge in [0.05, 0.1) is 6.54 Å². The van der Waals surface area contributed by atoms with E-state index in [9.17, 15) is 4.39 Å².